The van der Waals surface area contributed by atoms with Gasteiger partial charge in [-0.2, -0.15) is 0 Å². The largest absolute Gasteiger partial charge is 0.349 e. The fourth-order valence-electron chi connectivity index (χ4n) is 2.62. The number of nitrogens with zero attached hydrogens (tertiary/aromatic N) is 2. The van der Waals surface area contributed by atoms with Crippen LogP contribution in [0.1, 0.15) is 29.8 Å². The summed E-state index contributed by atoms with van der Waals surface area (Å²) in [6.45, 7) is 3.76. The van der Waals surface area contributed by atoms with Crippen molar-refractivity contribution in [2.24, 2.45) is 0 Å². The summed E-state index contributed by atoms with van der Waals surface area (Å²) in [4.78, 5) is 16.6. The number of halogens is 2. The Balaban J connectivity index is 1.50. The number of fused-ring (bicyclic) bond motifs is 1. The van der Waals surface area contributed by atoms with Crippen LogP contribution < -0.4 is 5.32 Å². The summed E-state index contributed by atoms with van der Waals surface area (Å²) in [5.74, 6) is -1.09. The lowest BCUT2D eigenvalue weighted by Gasteiger charge is -2.14. The topological polar surface area (TPSA) is 46.4 Å². The molecule has 1 unspecified atom stereocenters. The predicted molar refractivity (Wildman–Crippen MR) is 99.0 cm³/mol. The monoisotopic (exact) mass is 375 g/mol. The Labute approximate surface area is 154 Å². The van der Waals surface area contributed by atoms with Gasteiger partial charge in [0.1, 0.15) is 5.65 Å². The molecule has 1 amide bonds. The lowest BCUT2D eigenvalue weighted by molar-refractivity contribution is -0.119. The van der Waals surface area contributed by atoms with Gasteiger partial charge in [0.25, 0.3) is 0 Å². The fourth-order valence-corrected chi connectivity index (χ4v) is 3.34. The second kappa shape index (κ2) is 7.86. The minimum absolute atomic E-state index is 0.160. The number of nitrogens with one attached hydrogen (secondary N) is 1. The van der Waals surface area contributed by atoms with Crippen LogP contribution in [0.4, 0.5) is 8.78 Å². The van der Waals surface area contributed by atoms with Crippen molar-refractivity contribution in [1.82, 2.24) is 14.7 Å². The van der Waals surface area contributed by atoms with Gasteiger partial charge in [-0.15, -0.1) is 11.8 Å². The summed E-state index contributed by atoms with van der Waals surface area (Å²) < 4.78 is 28.2. The van der Waals surface area contributed by atoms with Crippen LogP contribution in [0.2, 0.25) is 0 Å². The molecule has 4 nitrogen and oxygen atoms in total. The Morgan fingerprint density at radius 1 is 1.23 bits per heavy atom. The minimum atomic E-state index is -0.917. The predicted octanol–water partition coefficient (Wildman–Crippen LogP) is 4.03. The highest BCUT2D eigenvalue weighted by Crippen LogP contribution is 2.17. The Hall–Kier alpha value is -2.41. The first-order chi connectivity index (χ1) is 12.4. The van der Waals surface area contributed by atoms with Crippen LogP contribution in [0.5, 0.6) is 0 Å². The van der Waals surface area contributed by atoms with Crippen molar-refractivity contribution in [3.63, 3.8) is 0 Å². The standard InChI is InChI=1S/C19H19F2N3OS/c1-12-3-6-18-23-15(9-24(18)8-12)10-26-11-19(25)22-13(2)14-4-5-16(20)17(21)7-14/h3-9,13H,10-11H2,1-2H3,(H,22,25). The first-order valence-corrected chi connectivity index (χ1v) is 9.34. The van der Waals surface area contributed by atoms with Gasteiger partial charge in [-0.1, -0.05) is 12.1 Å². The molecular weight excluding hydrogens is 356 g/mol. The lowest BCUT2D eigenvalue weighted by Crippen LogP contribution is -2.28. The van der Waals surface area contributed by atoms with Crippen molar-refractivity contribution >= 4 is 23.3 Å². The molecule has 136 valence electrons. The first kappa shape index (κ1) is 18.4. The van der Waals surface area contributed by atoms with E-state index in [0.29, 0.717) is 11.3 Å². The second-order valence-corrected chi connectivity index (χ2v) is 7.15. The molecule has 2 heterocycles. The van der Waals surface area contributed by atoms with Crippen molar-refractivity contribution in [3.8, 4) is 0 Å². The zero-order valence-corrected chi connectivity index (χ0v) is 15.3. The number of hydrogen-bond donors (Lipinski definition) is 1. The summed E-state index contributed by atoms with van der Waals surface area (Å²) in [7, 11) is 0. The molecule has 3 aromatic rings. The number of hydrogen-bond acceptors (Lipinski definition) is 3. The van der Waals surface area contributed by atoms with Gasteiger partial charge < -0.3 is 9.72 Å². The summed E-state index contributed by atoms with van der Waals surface area (Å²) in [5, 5.41) is 2.79. The van der Waals surface area contributed by atoms with Crippen molar-refractivity contribution in [2.45, 2.75) is 25.6 Å². The van der Waals surface area contributed by atoms with E-state index in [1.54, 1.807) is 6.92 Å². The number of carbonyl (C=O) groups excluding carboxylic acids is 1. The van der Waals surface area contributed by atoms with Gasteiger partial charge in [0.15, 0.2) is 11.6 Å². The number of imidazole rings is 1. The third-order valence-electron chi connectivity index (χ3n) is 3.95. The number of rotatable bonds is 6. The number of aromatic nitrogens is 2. The van der Waals surface area contributed by atoms with Crippen molar-refractivity contribution in [1.29, 1.82) is 0 Å². The Kier molecular flexibility index (Phi) is 5.56. The van der Waals surface area contributed by atoms with Gasteiger partial charge in [-0.25, -0.2) is 13.8 Å². The summed E-state index contributed by atoms with van der Waals surface area (Å²) >= 11 is 1.45. The maximum absolute atomic E-state index is 13.3. The van der Waals surface area contributed by atoms with Crippen molar-refractivity contribution < 1.29 is 13.6 Å². The van der Waals surface area contributed by atoms with E-state index in [0.717, 1.165) is 29.0 Å². The molecule has 0 aliphatic heterocycles. The third-order valence-corrected chi connectivity index (χ3v) is 4.92. The normalized spacial score (nSPS) is 12.3. The van der Waals surface area contributed by atoms with E-state index < -0.39 is 17.7 Å². The zero-order valence-electron chi connectivity index (χ0n) is 14.5. The van der Waals surface area contributed by atoms with Crippen LogP contribution in [0.25, 0.3) is 5.65 Å². The molecule has 0 aliphatic carbocycles. The van der Waals surface area contributed by atoms with E-state index in [4.69, 9.17) is 0 Å². The highest BCUT2D eigenvalue weighted by Gasteiger charge is 2.12. The summed E-state index contributed by atoms with van der Waals surface area (Å²) in [5.41, 5.74) is 3.46. The first-order valence-electron chi connectivity index (χ1n) is 8.18. The van der Waals surface area contributed by atoms with Crippen LogP contribution in [0.15, 0.2) is 42.7 Å². The van der Waals surface area contributed by atoms with Crippen molar-refractivity contribution in [3.05, 3.63) is 71.2 Å². The minimum Gasteiger partial charge on any atom is -0.349 e. The number of amides is 1. The van der Waals surface area contributed by atoms with Gasteiger partial charge >= 0.3 is 0 Å². The Bertz CT molecular complexity index is 942. The maximum atomic E-state index is 13.3. The van der Waals surface area contributed by atoms with Crippen LogP contribution in [-0.2, 0) is 10.5 Å². The molecule has 0 bridgehead atoms. The Morgan fingerprint density at radius 3 is 2.81 bits per heavy atom. The van der Waals surface area contributed by atoms with E-state index in [-0.39, 0.29) is 11.7 Å². The average molecular weight is 375 g/mol. The SMILES string of the molecule is Cc1ccc2nc(CSCC(=O)NC(C)c3ccc(F)c(F)c3)cn2c1. The molecule has 2 aromatic heterocycles. The Morgan fingerprint density at radius 2 is 2.04 bits per heavy atom. The molecule has 1 aromatic carbocycles. The number of carbonyl (C=O) groups is 1. The van der Waals surface area contributed by atoms with Gasteiger partial charge in [0, 0.05) is 18.1 Å². The molecule has 3 rings (SSSR count). The molecule has 0 fully saturated rings. The molecule has 0 saturated heterocycles. The van der Waals surface area contributed by atoms with E-state index in [1.807, 2.05) is 35.9 Å². The van der Waals surface area contributed by atoms with Crippen LogP contribution >= 0.6 is 11.8 Å². The van der Waals surface area contributed by atoms with Gasteiger partial charge in [-0.3, -0.25) is 4.79 Å². The van der Waals surface area contributed by atoms with Crippen LogP contribution in [-0.4, -0.2) is 21.0 Å². The number of thioether (sulfide) groups is 1. The van der Waals surface area contributed by atoms with E-state index in [9.17, 15) is 13.6 Å². The molecule has 7 heteroatoms. The molecule has 0 aliphatic rings. The van der Waals surface area contributed by atoms with Gasteiger partial charge in [-0.05, 0) is 43.2 Å². The number of benzene rings is 1. The number of aryl methyl sites for hydroxylation is 1. The number of pyridine rings is 1. The molecule has 0 saturated carbocycles. The molecule has 1 atom stereocenters. The lowest BCUT2D eigenvalue weighted by atomic mass is 10.1. The smallest absolute Gasteiger partial charge is 0.230 e. The highest BCUT2D eigenvalue weighted by molar-refractivity contribution is 7.99. The molecular formula is C19H19F2N3OS. The summed E-state index contributed by atoms with van der Waals surface area (Å²) in [6.07, 6.45) is 3.96. The maximum Gasteiger partial charge on any atom is 0.230 e. The molecule has 0 radical (unpaired) electrons. The molecule has 1 N–H and O–H groups in total. The van der Waals surface area contributed by atoms with Crippen molar-refractivity contribution in [2.75, 3.05) is 5.75 Å². The highest BCUT2D eigenvalue weighted by atomic mass is 32.2. The summed E-state index contributed by atoms with van der Waals surface area (Å²) in [6, 6.07) is 7.21. The second-order valence-electron chi connectivity index (χ2n) is 6.16. The van der Waals surface area contributed by atoms with E-state index in [2.05, 4.69) is 10.3 Å². The van der Waals surface area contributed by atoms with Crippen LogP contribution in [0, 0.1) is 18.6 Å². The van der Waals surface area contributed by atoms with E-state index in [1.165, 1.54) is 17.8 Å². The average Bonchev–Trinajstić information content (AvgIpc) is 2.99. The van der Waals surface area contributed by atoms with Crippen LogP contribution in [0.3, 0.4) is 0 Å². The van der Waals surface area contributed by atoms with Gasteiger partial charge in [0.05, 0.1) is 17.5 Å². The quantitative estimate of drug-likeness (QED) is 0.708. The molecule has 26 heavy (non-hydrogen) atoms. The zero-order chi connectivity index (χ0) is 18.7. The van der Waals surface area contributed by atoms with E-state index >= 15 is 0 Å². The van der Waals surface area contributed by atoms with Gasteiger partial charge in [0.2, 0.25) is 5.91 Å². The molecule has 0 spiro atoms. The fraction of sp³-hybridized carbons (Fsp3) is 0.263. The third kappa shape index (κ3) is 4.40.